The van der Waals surface area contributed by atoms with Crippen LogP contribution >= 0.6 is 0 Å². The van der Waals surface area contributed by atoms with E-state index < -0.39 is 0 Å². The molecule has 0 spiro atoms. The molecule has 0 unspecified atom stereocenters. The molecule has 0 aromatic heterocycles. The molecule has 0 N–H and O–H groups in total. The van der Waals surface area contributed by atoms with Gasteiger partial charge in [-0.15, -0.1) is 0 Å². The molecule has 0 aliphatic carbocycles. The summed E-state index contributed by atoms with van der Waals surface area (Å²) in [7, 11) is 0. The van der Waals surface area contributed by atoms with E-state index in [1.54, 1.807) is 0 Å². The Bertz CT molecular complexity index is 2060. The van der Waals surface area contributed by atoms with Crippen LogP contribution in [0.3, 0.4) is 0 Å². The van der Waals surface area contributed by atoms with Crippen molar-refractivity contribution in [3.05, 3.63) is 133 Å². The third-order valence-electron chi connectivity index (χ3n) is 7.77. The summed E-state index contributed by atoms with van der Waals surface area (Å²) < 4.78 is 0. The third kappa shape index (κ3) is 2.76. The first kappa shape index (κ1) is 19.6. The highest BCUT2D eigenvalue weighted by Gasteiger charge is 2.17. The lowest BCUT2D eigenvalue weighted by Crippen LogP contribution is -1.91. The zero-order valence-corrected chi connectivity index (χ0v) is 19.7. The SMILES string of the molecule is c1ccc(-c2c(-c3ccc4ccc5cccc6ccc3c4c56)ccc3cc4ccccc4cc23)cc1. The van der Waals surface area contributed by atoms with Crippen molar-refractivity contribution in [2.45, 2.75) is 0 Å². The molecule has 0 heterocycles. The molecule has 8 rings (SSSR count). The first-order valence-corrected chi connectivity index (χ1v) is 12.5. The van der Waals surface area contributed by atoms with Gasteiger partial charge in [0.05, 0.1) is 0 Å². The lowest BCUT2D eigenvalue weighted by Gasteiger charge is -2.18. The molecule has 0 saturated heterocycles. The van der Waals surface area contributed by atoms with Gasteiger partial charge in [0.2, 0.25) is 0 Å². The second-order valence-corrected chi connectivity index (χ2v) is 9.74. The minimum absolute atomic E-state index is 1.25. The van der Waals surface area contributed by atoms with Gasteiger partial charge in [-0.1, -0.05) is 121 Å². The van der Waals surface area contributed by atoms with Gasteiger partial charge in [-0.3, -0.25) is 0 Å². The van der Waals surface area contributed by atoms with E-state index in [4.69, 9.17) is 0 Å². The fourth-order valence-electron chi connectivity index (χ4n) is 6.12. The molecule has 0 bridgehead atoms. The maximum atomic E-state index is 2.37. The van der Waals surface area contributed by atoms with Crippen LogP contribution in [0.2, 0.25) is 0 Å². The van der Waals surface area contributed by atoms with Crippen LogP contribution in [-0.2, 0) is 0 Å². The molecular weight excluding hydrogens is 432 g/mol. The average molecular weight is 455 g/mol. The van der Waals surface area contributed by atoms with Gasteiger partial charge >= 0.3 is 0 Å². The summed E-state index contributed by atoms with van der Waals surface area (Å²) >= 11 is 0. The van der Waals surface area contributed by atoms with Gasteiger partial charge in [-0.25, -0.2) is 0 Å². The van der Waals surface area contributed by atoms with Crippen molar-refractivity contribution in [2.24, 2.45) is 0 Å². The van der Waals surface area contributed by atoms with Gasteiger partial charge in [0.25, 0.3) is 0 Å². The lowest BCUT2D eigenvalue weighted by molar-refractivity contribution is 1.64. The van der Waals surface area contributed by atoms with Gasteiger partial charge in [-0.2, -0.15) is 0 Å². The van der Waals surface area contributed by atoms with Crippen molar-refractivity contribution >= 4 is 53.9 Å². The molecule has 0 amide bonds. The number of rotatable bonds is 2. The molecule has 0 radical (unpaired) electrons. The van der Waals surface area contributed by atoms with Crippen LogP contribution in [0.15, 0.2) is 133 Å². The topological polar surface area (TPSA) is 0 Å². The van der Waals surface area contributed by atoms with Crippen molar-refractivity contribution in [3.8, 4) is 22.3 Å². The van der Waals surface area contributed by atoms with Crippen LogP contribution in [0.4, 0.5) is 0 Å². The zero-order chi connectivity index (χ0) is 23.6. The third-order valence-corrected chi connectivity index (χ3v) is 7.77. The fourth-order valence-corrected chi connectivity index (χ4v) is 6.12. The Labute approximate surface area is 209 Å². The highest BCUT2D eigenvalue weighted by atomic mass is 14.2. The van der Waals surface area contributed by atoms with E-state index in [-0.39, 0.29) is 0 Å². The maximum Gasteiger partial charge on any atom is -0.00206 e. The minimum atomic E-state index is 1.25. The Morgan fingerprint density at radius 1 is 0.306 bits per heavy atom. The largest absolute Gasteiger partial charge is 0.0622 e. The van der Waals surface area contributed by atoms with Crippen LogP contribution < -0.4 is 0 Å². The first-order chi connectivity index (χ1) is 17.8. The predicted octanol–water partition coefficient (Wildman–Crippen LogP) is 10.2. The Morgan fingerprint density at radius 3 is 1.69 bits per heavy atom. The van der Waals surface area contributed by atoms with Crippen LogP contribution in [0.1, 0.15) is 0 Å². The quantitative estimate of drug-likeness (QED) is 0.180. The average Bonchev–Trinajstić information content (AvgIpc) is 2.94. The van der Waals surface area contributed by atoms with Gasteiger partial charge in [0.1, 0.15) is 0 Å². The summed E-state index contributed by atoms with van der Waals surface area (Å²) in [4.78, 5) is 0. The zero-order valence-electron chi connectivity index (χ0n) is 19.7. The Balaban J connectivity index is 1.53. The molecule has 8 aromatic carbocycles. The Morgan fingerprint density at radius 2 is 0.889 bits per heavy atom. The Hall–Kier alpha value is -4.68. The number of hydrogen-bond donors (Lipinski definition) is 0. The monoisotopic (exact) mass is 454 g/mol. The Kier molecular flexibility index (Phi) is 4.03. The maximum absolute atomic E-state index is 2.37. The smallest absolute Gasteiger partial charge is 0.00206 e. The molecule has 36 heavy (non-hydrogen) atoms. The van der Waals surface area contributed by atoms with E-state index in [0.717, 1.165) is 0 Å². The van der Waals surface area contributed by atoms with Crippen LogP contribution in [-0.4, -0.2) is 0 Å². The van der Waals surface area contributed by atoms with Crippen LogP contribution in [0, 0.1) is 0 Å². The second kappa shape index (κ2) is 7.41. The second-order valence-electron chi connectivity index (χ2n) is 9.74. The van der Waals surface area contributed by atoms with Gasteiger partial charge < -0.3 is 0 Å². The number of hydrogen-bond acceptors (Lipinski definition) is 0. The molecule has 0 aliphatic heterocycles. The van der Waals surface area contributed by atoms with Crippen LogP contribution in [0.5, 0.6) is 0 Å². The van der Waals surface area contributed by atoms with Crippen molar-refractivity contribution in [3.63, 3.8) is 0 Å². The minimum Gasteiger partial charge on any atom is -0.0622 e. The van der Waals surface area contributed by atoms with Crippen molar-refractivity contribution in [1.29, 1.82) is 0 Å². The summed E-state index contributed by atoms with van der Waals surface area (Å²) in [6, 6.07) is 49.2. The van der Waals surface area contributed by atoms with Gasteiger partial charge in [0, 0.05) is 0 Å². The molecule has 0 atom stereocenters. The van der Waals surface area contributed by atoms with E-state index in [1.807, 2.05) is 0 Å². The van der Waals surface area contributed by atoms with Crippen molar-refractivity contribution < 1.29 is 0 Å². The number of fused-ring (bicyclic) bond motifs is 2. The van der Waals surface area contributed by atoms with Crippen LogP contribution in [0.25, 0.3) is 76.1 Å². The molecule has 0 fully saturated rings. The summed E-state index contributed by atoms with van der Waals surface area (Å²) in [6.45, 7) is 0. The van der Waals surface area contributed by atoms with E-state index in [9.17, 15) is 0 Å². The summed E-state index contributed by atoms with van der Waals surface area (Å²) in [5, 5.41) is 13.1. The van der Waals surface area contributed by atoms with Crippen molar-refractivity contribution in [2.75, 3.05) is 0 Å². The molecule has 8 aromatic rings. The summed E-state index contributed by atoms with van der Waals surface area (Å²) in [6.07, 6.45) is 0. The van der Waals surface area contributed by atoms with E-state index >= 15 is 0 Å². The summed E-state index contributed by atoms with van der Waals surface area (Å²) in [5.74, 6) is 0. The normalized spacial score (nSPS) is 11.9. The molecular formula is C36H22. The predicted molar refractivity (Wildman–Crippen MR) is 156 cm³/mol. The first-order valence-electron chi connectivity index (χ1n) is 12.5. The highest BCUT2D eigenvalue weighted by Crippen LogP contribution is 2.44. The molecule has 0 nitrogen and oxygen atoms in total. The van der Waals surface area contributed by atoms with Crippen molar-refractivity contribution in [1.82, 2.24) is 0 Å². The summed E-state index contributed by atoms with van der Waals surface area (Å²) in [5.41, 5.74) is 5.12. The standard InChI is InChI=1S/C36H22/c1-2-7-23(8-3-1)35-31(20-17-29-21-27-9-4-5-10-28(27)22-33(29)35)30-18-15-26-14-13-24-11-6-12-25-16-19-32(30)36(26)34(24)25/h1-22H. The lowest BCUT2D eigenvalue weighted by atomic mass is 9.85. The van der Waals surface area contributed by atoms with E-state index in [2.05, 4.69) is 133 Å². The van der Waals surface area contributed by atoms with E-state index in [1.165, 1.54) is 76.1 Å². The fraction of sp³-hybridized carbons (Fsp3) is 0. The molecule has 0 aliphatic rings. The molecule has 0 saturated carbocycles. The molecule has 166 valence electrons. The molecule has 0 heteroatoms. The van der Waals surface area contributed by atoms with Gasteiger partial charge in [0.15, 0.2) is 0 Å². The highest BCUT2D eigenvalue weighted by molar-refractivity contribution is 6.26. The number of benzene rings is 8. The van der Waals surface area contributed by atoms with Gasteiger partial charge in [-0.05, 0) is 88.2 Å². The van der Waals surface area contributed by atoms with E-state index in [0.29, 0.717) is 0 Å².